The summed E-state index contributed by atoms with van der Waals surface area (Å²) in [4.78, 5) is 13.0. The van der Waals surface area contributed by atoms with Crippen LogP contribution in [-0.2, 0) is 6.54 Å². The smallest absolute Gasteiger partial charge is 0.319 e. The lowest BCUT2D eigenvalue weighted by Crippen LogP contribution is -2.28. The highest BCUT2D eigenvalue weighted by atomic mass is 32.2. The molecule has 4 heteroatoms. The number of benzene rings is 2. The summed E-state index contributed by atoms with van der Waals surface area (Å²) in [6, 6.07) is 15.7. The van der Waals surface area contributed by atoms with Crippen molar-refractivity contribution in [2.24, 2.45) is 0 Å². The predicted octanol–water partition coefficient (Wildman–Crippen LogP) is 4.04. The number of aryl methyl sites for hydroxylation is 1. The summed E-state index contributed by atoms with van der Waals surface area (Å²) in [5, 5.41) is 5.75. The van der Waals surface area contributed by atoms with Gasteiger partial charge in [0.2, 0.25) is 0 Å². The van der Waals surface area contributed by atoms with E-state index in [1.807, 2.05) is 61.7 Å². The van der Waals surface area contributed by atoms with Crippen LogP contribution in [0.2, 0.25) is 0 Å². The van der Waals surface area contributed by atoms with E-state index in [0.29, 0.717) is 6.54 Å². The number of rotatable bonds is 4. The van der Waals surface area contributed by atoms with Crippen LogP contribution in [0.4, 0.5) is 10.5 Å². The highest BCUT2D eigenvalue weighted by molar-refractivity contribution is 7.98. The summed E-state index contributed by atoms with van der Waals surface area (Å²) in [6.45, 7) is 2.50. The molecular weight excluding hydrogens is 268 g/mol. The number of urea groups is 1. The molecule has 0 saturated carbocycles. The van der Waals surface area contributed by atoms with Gasteiger partial charge >= 0.3 is 6.03 Å². The van der Waals surface area contributed by atoms with Crippen LogP contribution in [-0.4, -0.2) is 12.3 Å². The van der Waals surface area contributed by atoms with Crippen LogP contribution in [0.25, 0.3) is 0 Å². The van der Waals surface area contributed by atoms with E-state index in [0.717, 1.165) is 21.7 Å². The van der Waals surface area contributed by atoms with Crippen molar-refractivity contribution in [1.82, 2.24) is 5.32 Å². The van der Waals surface area contributed by atoms with Gasteiger partial charge in [-0.1, -0.05) is 36.4 Å². The molecule has 0 atom stereocenters. The largest absolute Gasteiger partial charge is 0.334 e. The highest BCUT2D eigenvalue weighted by Gasteiger charge is 2.05. The van der Waals surface area contributed by atoms with Gasteiger partial charge < -0.3 is 10.6 Å². The zero-order valence-electron chi connectivity index (χ0n) is 11.6. The first-order valence-electron chi connectivity index (χ1n) is 6.42. The van der Waals surface area contributed by atoms with Crippen LogP contribution in [0.15, 0.2) is 53.4 Å². The topological polar surface area (TPSA) is 41.1 Å². The van der Waals surface area contributed by atoms with Crippen molar-refractivity contribution in [2.45, 2.75) is 18.4 Å². The maximum Gasteiger partial charge on any atom is 0.319 e. The molecule has 0 aromatic heterocycles. The third-order valence-corrected chi connectivity index (χ3v) is 3.71. The maximum atomic E-state index is 11.9. The first-order chi connectivity index (χ1) is 9.69. The van der Waals surface area contributed by atoms with E-state index in [4.69, 9.17) is 0 Å². The first kappa shape index (κ1) is 14.5. The Balaban J connectivity index is 1.94. The van der Waals surface area contributed by atoms with Gasteiger partial charge in [-0.25, -0.2) is 4.79 Å². The van der Waals surface area contributed by atoms with Gasteiger partial charge in [0.1, 0.15) is 0 Å². The summed E-state index contributed by atoms with van der Waals surface area (Å²) in [5.41, 5.74) is 2.98. The summed E-state index contributed by atoms with van der Waals surface area (Å²) in [6.07, 6.45) is 2.02. The normalized spacial score (nSPS) is 10.1. The van der Waals surface area contributed by atoms with Crippen molar-refractivity contribution in [3.05, 3.63) is 59.7 Å². The quantitative estimate of drug-likeness (QED) is 0.833. The summed E-state index contributed by atoms with van der Waals surface area (Å²) in [7, 11) is 0. The van der Waals surface area contributed by atoms with Crippen molar-refractivity contribution in [2.75, 3.05) is 11.6 Å². The second-order valence-electron chi connectivity index (χ2n) is 4.47. The second kappa shape index (κ2) is 7.01. The van der Waals surface area contributed by atoms with Crippen LogP contribution < -0.4 is 10.6 Å². The molecule has 0 aliphatic carbocycles. The molecule has 20 heavy (non-hydrogen) atoms. The number of hydrogen-bond acceptors (Lipinski definition) is 2. The fourth-order valence-corrected chi connectivity index (χ4v) is 2.25. The molecule has 0 unspecified atom stereocenters. The Bertz CT molecular complexity index is 584. The highest BCUT2D eigenvalue weighted by Crippen LogP contribution is 2.22. The molecule has 0 aliphatic heterocycles. The summed E-state index contributed by atoms with van der Waals surface area (Å²) >= 11 is 1.66. The lowest BCUT2D eigenvalue weighted by Gasteiger charge is -2.11. The van der Waals surface area contributed by atoms with Crippen molar-refractivity contribution in [3.8, 4) is 0 Å². The number of carbonyl (C=O) groups is 1. The maximum absolute atomic E-state index is 11.9. The zero-order valence-corrected chi connectivity index (χ0v) is 12.5. The Morgan fingerprint density at radius 3 is 2.60 bits per heavy atom. The minimum absolute atomic E-state index is 0.185. The van der Waals surface area contributed by atoms with E-state index in [2.05, 4.69) is 10.6 Å². The van der Waals surface area contributed by atoms with Crippen LogP contribution in [0, 0.1) is 6.92 Å². The van der Waals surface area contributed by atoms with Crippen LogP contribution >= 0.6 is 11.8 Å². The molecule has 0 aliphatic rings. The van der Waals surface area contributed by atoms with E-state index in [9.17, 15) is 4.79 Å². The van der Waals surface area contributed by atoms with E-state index in [1.54, 1.807) is 11.8 Å². The number of anilines is 1. The Kier molecular flexibility index (Phi) is 5.07. The van der Waals surface area contributed by atoms with E-state index in [1.165, 1.54) is 0 Å². The van der Waals surface area contributed by atoms with Gasteiger partial charge in [-0.2, -0.15) is 0 Å². The Labute approximate surface area is 123 Å². The van der Waals surface area contributed by atoms with Gasteiger partial charge in [0.25, 0.3) is 0 Å². The molecule has 0 fully saturated rings. The van der Waals surface area contributed by atoms with Crippen LogP contribution in [0.5, 0.6) is 0 Å². The molecule has 2 N–H and O–H groups in total. The van der Waals surface area contributed by atoms with Gasteiger partial charge in [-0.3, -0.25) is 0 Å². The molecule has 2 rings (SSSR count). The standard InChI is InChI=1S/C16H18N2OS/c1-12-8-9-14(20-2)10-15(12)18-16(19)17-11-13-6-4-3-5-7-13/h3-10H,11H2,1-2H3,(H2,17,18,19). The average Bonchev–Trinajstić information content (AvgIpc) is 2.48. The monoisotopic (exact) mass is 286 g/mol. The van der Waals surface area contributed by atoms with Gasteiger partial charge in [0, 0.05) is 17.1 Å². The van der Waals surface area contributed by atoms with Gasteiger partial charge in [0.05, 0.1) is 0 Å². The van der Waals surface area contributed by atoms with Gasteiger partial charge in [-0.05, 0) is 36.4 Å². The molecular formula is C16H18N2OS. The fourth-order valence-electron chi connectivity index (χ4n) is 1.81. The second-order valence-corrected chi connectivity index (χ2v) is 5.35. The third-order valence-electron chi connectivity index (χ3n) is 2.99. The molecule has 0 heterocycles. The number of carbonyl (C=O) groups excluding carboxylic acids is 1. The average molecular weight is 286 g/mol. The van der Waals surface area contributed by atoms with E-state index >= 15 is 0 Å². The van der Waals surface area contributed by atoms with Crippen molar-refractivity contribution >= 4 is 23.5 Å². The van der Waals surface area contributed by atoms with Crippen LogP contribution in [0.3, 0.4) is 0 Å². The van der Waals surface area contributed by atoms with Crippen molar-refractivity contribution in [3.63, 3.8) is 0 Å². The number of nitrogens with one attached hydrogen (secondary N) is 2. The summed E-state index contributed by atoms with van der Waals surface area (Å²) in [5.74, 6) is 0. The Morgan fingerprint density at radius 1 is 1.15 bits per heavy atom. The first-order valence-corrected chi connectivity index (χ1v) is 7.65. The molecule has 0 radical (unpaired) electrons. The number of amides is 2. The van der Waals surface area contributed by atoms with E-state index in [-0.39, 0.29) is 6.03 Å². The lowest BCUT2D eigenvalue weighted by atomic mass is 10.2. The molecule has 0 saturated heterocycles. The molecule has 0 spiro atoms. The summed E-state index contributed by atoms with van der Waals surface area (Å²) < 4.78 is 0. The Morgan fingerprint density at radius 2 is 1.90 bits per heavy atom. The van der Waals surface area contributed by atoms with Crippen molar-refractivity contribution in [1.29, 1.82) is 0 Å². The molecule has 0 bridgehead atoms. The minimum Gasteiger partial charge on any atom is -0.334 e. The van der Waals surface area contributed by atoms with Gasteiger partial charge in [-0.15, -0.1) is 11.8 Å². The van der Waals surface area contributed by atoms with E-state index < -0.39 is 0 Å². The number of hydrogen-bond donors (Lipinski definition) is 2. The third kappa shape index (κ3) is 4.03. The van der Waals surface area contributed by atoms with Crippen LogP contribution in [0.1, 0.15) is 11.1 Å². The predicted molar refractivity (Wildman–Crippen MR) is 85.3 cm³/mol. The zero-order chi connectivity index (χ0) is 14.4. The number of thioether (sulfide) groups is 1. The fraction of sp³-hybridized carbons (Fsp3) is 0.188. The molecule has 2 aromatic rings. The Hall–Kier alpha value is -1.94. The molecule has 2 aromatic carbocycles. The molecule has 2 amide bonds. The lowest BCUT2D eigenvalue weighted by molar-refractivity contribution is 0.251. The van der Waals surface area contributed by atoms with Crippen molar-refractivity contribution < 1.29 is 4.79 Å². The SMILES string of the molecule is CSc1ccc(C)c(NC(=O)NCc2ccccc2)c1. The molecule has 104 valence electrons. The molecule has 3 nitrogen and oxygen atoms in total. The van der Waals surface area contributed by atoms with Gasteiger partial charge in [0.15, 0.2) is 0 Å². The minimum atomic E-state index is -0.185.